The first-order chi connectivity index (χ1) is 3.00. The molecule has 6 N–H and O–H groups in total. The van der Waals surface area contributed by atoms with Crippen LogP contribution in [0.25, 0.3) is 0 Å². The average Bonchev–Trinajstić information content (AvgIpc) is 1.81. The summed E-state index contributed by atoms with van der Waals surface area (Å²) in [5, 5.41) is 0. The van der Waals surface area contributed by atoms with Crippen molar-refractivity contribution in [2.24, 2.45) is 0 Å². The van der Waals surface area contributed by atoms with Gasteiger partial charge < -0.3 is 0 Å². The molecule has 0 saturated carbocycles. The van der Waals surface area contributed by atoms with Gasteiger partial charge in [0, 0.05) is 22.4 Å². The number of hydrogen-bond acceptors (Lipinski definition) is 6. The smallest absolute Gasteiger partial charge is 0 e. The molecule has 0 aromatic rings. The van der Waals surface area contributed by atoms with Crippen LogP contribution in [0.1, 0.15) is 0 Å². The van der Waals surface area contributed by atoms with Crippen LogP contribution in [0.15, 0.2) is 0 Å². The van der Waals surface area contributed by atoms with Gasteiger partial charge in [-0.25, -0.2) is 33.2 Å². The van der Waals surface area contributed by atoms with Crippen LogP contribution in [0, 0.1) is 33.2 Å². The quantitative estimate of drug-likeness (QED) is 0.357. The standard InChI is InChI=1S/3H2N2.Ta/c3*1-2;/h3*1-2H;. The van der Waals surface area contributed by atoms with Crippen LogP contribution in [-0.2, 0) is 22.4 Å². The number of rotatable bonds is 0. The van der Waals surface area contributed by atoms with E-state index in [4.69, 9.17) is 33.2 Å². The molecule has 0 aromatic carbocycles. The molecule has 0 amide bonds. The van der Waals surface area contributed by atoms with E-state index in [-0.39, 0.29) is 22.4 Å². The normalized spacial score (nSPS) is 1.71. The van der Waals surface area contributed by atoms with Gasteiger partial charge in [-0.3, -0.25) is 0 Å². The molecule has 0 aliphatic heterocycles. The van der Waals surface area contributed by atoms with Crippen molar-refractivity contribution in [2.45, 2.75) is 0 Å². The maximum absolute atomic E-state index is 5.00. The van der Waals surface area contributed by atoms with Gasteiger partial charge in [-0.1, -0.05) is 0 Å². The Kier molecular flexibility index (Phi) is 2400. The van der Waals surface area contributed by atoms with Gasteiger partial charge >= 0.3 is 0 Å². The van der Waals surface area contributed by atoms with Crippen LogP contribution in [0.3, 0.4) is 0 Å². The monoisotopic (exact) mass is 271 g/mol. The number of hydrogen-bond donors (Lipinski definition) is 6. The molecule has 0 spiro atoms. The van der Waals surface area contributed by atoms with E-state index in [2.05, 4.69) is 0 Å². The molecule has 1 radical (unpaired) electrons. The summed E-state index contributed by atoms with van der Waals surface area (Å²) in [6.07, 6.45) is 0. The molecule has 0 rings (SSSR count). The largest absolute Gasteiger partial charge is 0.213 e. The van der Waals surface area contributed by atoms with Crippen molar-refractivity contribution in [3.63, 3.8) is 0 Å². The fourth-order valence-electron chi connectivity index (χ4n) is 0. The summed E-state index contributed by atoms with van der Waals surface area (Å²) in [6.45, 7) is 0. The van der Waals surface area contributed by atoms with Crippen molar-refractivity contribution in [3.05, 3.63) is 0 Å². The van der Waals surface area contributed by atoms with E-state index in [0.717, 1.165) is 0 Å². The molecule has 0 atom stereocenters. The Morgan fingerprint density at radius 1 is 0.429 bits per heavy atom. The summed E-state index contributed by atoms with van der Waals surface area (Å²) < 4.78 is 0. The van der Waals surface area contributed by atoms with E-state index < -0.39 is 0 Å². The third-order valence-electron chi connectivity index (χ3n) is 0. The van der Waals surface area contributed by atoms with Crippen molar-refractivity contribution in [1.82, 2.24) is 0 Å². The van der Waals surface area contributed by atoms with E-state index >= 15 is 0 Å². The minimum atomic E-state index is 0. The van der Waals surface area contributed by atoms with E-state index in [0.29, 0.717) is 0 Å². The zero-order valence-electron chi connectivity index (χ0n) is 3.45. The minimum Gasteiger partial charge on any atom is -0.213 e. The Labute approximate surface area is 56.1 Å². The van der Waals surface area contributed by atoms with E-state index in [1.165, 1.54) is 0 Å². The molecule has 7 heteroatoms. The molecule has 6 nitrogen and oxygen atoms in total. The second kappa shape index (κ2) is 540. The van der Waals surface area contributed by atoms with Gasteiger partial charge in [-0.2, -0.15) is 0 Å². The average molecular weight is 271 g/mol. The minimum absolute atomic E-state index is 0. The molecular weight excluding hydrogens is 265 g/mol. The van der Waals surface area contributed by atoms with Crippen molar-refractivity contribution < 1.29 is 22.4 Å². The van der Waals surface area contributed by atoms with Gasteiger partial charge in [0.15, 0.2) is 0 Å². The van der Waals surface area contributed by atoms with Crippen molar-refractivity contribution in [2.75, 3.05) is 0 Å². The zero-order chi connectivity index (χ0) is 6.00. The molecular formula is H6N6Ta. The Hall–Kier alpha value is -0.460. The van der Waals surface area contributed by atoms with Crippen LogP contribution in [0.4, 0.5) is 0 Å². The molecule has 0 saturated heterocycles. The summed E-state index contributed by atoms with van der Waals surface area (Å²) in [6, 6.07) is 0. The molecule has 0 heterocycles. The van der Waals surface area contributed by atoms with Crippen LogP contribution in [0.2, 0.25) is 0 Å². The predicted octanol–water partition coefficient (Wildman–Crippen LogP) is 1.79. The summed E-state index contributed by atoms with van der Waals surface area (Å²) >= 11 is 0. The van der Waals surface area contributed by atoms with Crippen molar-refractivity contribution in [1.29, 1.82) is 33.2 Å². The Morgan fingerprint density at radius 3 is 0.429 bits per heavy atom. The van der Waals surface area contributed by atoms with Gasteiger partial charge in [-0.05, 0) is 0 Å². The fourth-order valence-corrected chi connectivity index (χ4v) is 0. The first-order valence-electron chi connectivity index (χ1n) is 0.750. The molecule has 0 aliphatic carbocycles. The molecule has 0 fully saturated rings. The van der Waals surface area contributed by atoms with Crippen LogP contribution in [-0.4, -0.2) is 0 Å². The fraction of sp³-hybridized carbons (Fsp3) is 0. The van der Waals surface area contributed by atoms with E-state index in [1.807, 2.05) is 0 Å². The van der Waals surface area contributed by atoms with Crippen molar-refractivity contribution in [3.8, 4) is 0 Å². The number of nitrogens with one attached hydrogen (secondary N) is 6. The Bertz CT molecular complexity index is 8.90. The molecule has 41 valence electrons. The van der Waals surface area contributed by atoms with Gasteiger partial charge in [0.1, 0.15) is 0 Å². The molecule has 0 bridgehead atoms. The zero-order valence-corrected chi connectivity index (χ0v) is 6.66. The molecule has 7 heavy (non-hydrogen) atoms. The third-order valence-corrected chi connectivity index (χ3v) is 0. The van der Waals surface area contributed by atoms with E-state index in [1.54, 1.807) is 0 Å². The van der Waals surface area contributed by atoms with Crippen LogP contribution in [0.5, 0.6) is 0 Å². The van der Waals surface area contributed by atoms with Gasteiger partial charge in [0.2, 0.25) is 0 Å². The van der Waals surface area contributed by atoms with Gasteiger partial charge in [0.05, 0.1) is 0 Å². The maximum atomic E-state index is 5.00. The molecule has 0 unspecified atom stereocenters. The summed E-state index contributed by atoms with van der Waals surface area (Å²) in [4.78, 5) is 0. The van der Waals surface area contributed by atoms with Crippen LogP contribution < -0.4 is 0 Å². The molecule has 0 aromatic heterocycles. The summed E-state index contributed by atoms with van der Waals surface area (Å²) in [5.74, 6) is 0. The van der Waals surface area contributed by atoms with Gasteiger partial charge in [-0.15, -0.1) is 0 Å². The van der Waals surface area contributed by atoms with Crippen LogP contribution >= 0.6 is 0 Å². The predicted molar refractivity (Wildman–Crippen MR) is 16.3 cm³/mol. The van der Waals surface area contributed by atoms with Gasteiger partial charge in [0.25, 0.3) is 0 Å². The molecule has 0 aliphatic rings. The van der Waals surface area contributed by atoms with E-state index in [9.17, 15) is 0 Å². The second-order valence-electron chi connectivity index (χ2n) is 0. The summed E-state index contributed by atoms with van der Waals surface area (Å²) in [5.41, 5.74) is 30.0. The topological polar surface area (TPSA) is 143 Å². The Balaban J connectivity index is -0.00000000900. The van der Waals surface area contributed by atoms with Crippen molar-refractivity contribution >= 4 is 0 Å². The first-order valence-corrected chi connectivity index (χ1v) is 0.750. The maximum Gasteiger partial charge on any atom is 0 e. The Morgan fingerprint density at radius 2 is 0.429 bits per heavy atom. The first kappa shape index (κ1) is 31.1. The second-order valence-corrected chi connectivity index (χ2v) is 0. The summed E-state index contributed by atoms with van der Waals surface area (Å²) in [7, 11) is 0. The third kappa shape index (κ3) is 329. The SMILES string of the molecule is N=N.N=N.N=N.[Ta].